The average Bonchev–Trinajstić information content (AvgIpc) is 3.35. The molecule has 1 atom stereocenters. The highest BCUT2D eigenvalue weighted by Crippen LogP contribution is 2.32. The zero-order valence-corrected chi connectivity index (χ0v) is 15.0. The standard InChI is InChI=1S/C18H28N2O2S/c1-14-5-3-4-6-16(14)13-15(2)19-17-9-11-20(12-10-17)23(21,22)18-7-8-18/h3-6,15,17-19H,7-13H2,1-2H3/t15-/m0/s1. The second-order valence-electron chi connectivity index (χ2n) is 7.12. The molecule has 1 aliphatic carbocycles. The summed E-state index contributed by atoms with van der Waals surface area (Å²) in [6, 6.07) is 9.36. The van der Waals surface area contributed by atoms with Crippen LogP contribution in [0.15, 0.2) is 24.3 Å². The molecule has 1 aliphatic heterocycles. The number of nitrogens with one attached hydrogen (secondary N) is 1. The number of benzene rings is 1. The predicted octanol–water partition coefficient (Wildman–Crippen LogP) is 2.47. The third kappa shape index (κ3) is 4.14. The van der Waals surface area contributed by atoms with Crippen LogP contribution >= 0.6 is 0 Å². The van der Waals surface area contributed by atoms with Crippen LogP contribution in [-0.2, 0) is 16.4 Å². The summed E-state index contributed by atoms with van der Waals surface area (Å²) in [7, 11) is -2.99. The van der Waals surface area contributed by atoms with Gasteiger partial charge in [0.2, 0.25) is 10.0 Å². The quantitative estimate of drug-likeness (QED) is 0.868. The Hall–Kier alpha value is -0.910. The normalized spacial score (nSPS) is 22.2. The van der Waals surface area contributed by atoms with Gasteiger partial charge in [0.15, 0.2) is 0 Å². The number of piperidine rings is 1. The van der Waals surface area contributed by atoms with Crippen molar-refractivity contribution in [3.8, 4) is 0 Å². The summed E-state index contributed by atoms with van der Waals surface area (Å²) < 4.78 is 26.2. The molecule has 1 saturated carbocycles. The Balaban J connectivity index is 1.48. The highest BCUT2D eigenvalue weighted by atomic mass is 32.2. The summed E-state index contributed by atoms with van der Waals surface area (Å²) >= 11 is 0. The highest BCUT2D eigenvalue weighted by molar-refractivity contribution is 7.90. The fraction of sp³-hybridized carbons (Fsp3) is 0.667. The Morgan fingerprint density at radius 2 is 1.83 bits per heavy atom. The Labute approximate surface area is 140 Å². The van der Waals surface area contributed by atoms with Crippen LogP contribution in [0.25, 0.3) is 0 Å². The molecular formula is C18H28N2O2S. The fourth-order valence-electron chi connectivity index (χ4n) is 3.48. The molecule has 5 heteroatoms. The zero-order valence-electron chi connectivity index (χ0n) is 14.2. The molecule has 1 N–H and O–H groups in total. The van der Waals surface area contributed by atoms with Gasteiger partial charge in [0.05, 0.1) is 5.25 Å². The predicted molar refractivity (Wildman–Crippen MR) is 94.0 cm³/mol. The number of hydrogen-bond acceptors (Lipinski definition) is 3. The first kappa shape index (κ1) is 16.9. The first-order chi connectivity index (χ1) is 11.0. The Morgan fingerprint density at radius 3 is 2.43 bits per heavy atom. The first-order valence-electron chi connectivity index (χ1n) is 8.76. The number of nitrogens with zero attached hydrogens (tertiary/aromatic N) is 1. The molecule has 1 aromatic carbocycles. The van der Waals surface area contributed by atoms with E-state index in [-0.39, 0.29) is 5.25 Å². The van der Waals surface area contributed by atoms with Gasteiger partial charge in [-0.05, 0) is 57.1 Å². The molecule has 0 spiro atoms. The maximum Gasteiger partial charge on any atom is 0.216 e. The largest absolute Gasteiger partial charge is 0.311 e. The minimum absolute atomic E-state index is 0.0769. The Morgan fingerprint density at radius 1 is 1.17 bits per heavy atom. The Kier molecular flexibility index (Phi) is 5.09. The summed E-state index contributed by atoms with van der Waals surface area (Å²) in [6.07, 6.45) is 4.57. The molecule has 3 rings (SSSR count). The van der Waals surface area contributed by atoms with Gasteiger partial charge in [0.25, 0.3) is 0 Å². The monoisotopic (exact) mass is 336 g/mol. The van der Waals surface area contributed by atoms with E-state index in [1.807, 2.05) is 0 Å². The van der Waals surface area contributed by atoms with E-state index in [0.717, 1.165) is 32.1 Å². The van der Waals surface area contributed by atoms with Crippen LogP contribution in [0.1, 0.15) is 43.7 Å². The Bertz CT molecular complexity index is 632. The summed E-state index contributed by atoms with van der Waals surface area (Å²) in [5.74, 6) is 0. The van der Waals surface area contributed by atoms with Crippen LogP contribution in [0.4, 0.5) is 0 Å². The molecule has 0 aromatic heterocycles. The topological polar surface area (TPSA) is 49.4 Å². The number of rotatable bonds is 6. The van der Waals surface area contributed by atoms with E-state index in [4.69, 9.17) is 0 Å². The molecule has 4 nitrogen and oxygen atoms in total. The molecule has 0 amide bonds. The van der Waals surface area contributed by atoms with Gasteiger partial charge in [-0.25, -0.2) is 12.7 Å². The van der Waals surface area contributed by atoms with Gasteiger partial charge in [-0.15, -0.1) is 0 Å². The van der Waals surface area contributed by atoms with E-state index < -0.39 is 10.0 Å². The second kappa shape index (κ2) is 6.91. The van der Waals surface area contributed by atoms with Gasteiger partial charge in [-0.1, -0.05) is 24.3 Å². The van der Waals surface area contributed by atoms with Crippen LogP contribution in [0.2, 0.25) is 0 Å². The van der Waals surface area contributed by atoms with Crippen molar-refractivity contribution in [1.29, 1.82) is 0 Å². The molecule has 1 heterocycles. The fourth-order valence-corrected chi connectivity index (χ4v) is 5.36. The van der Waals surface area contributed by atoms with Gasteiger partial charge < -0.3 is 5.32 Å². The van der Waals surface area contributed by atoms with Gasteiger partial charge in [-0.2, -0.15) is 0 Å². The van der Waals surface area contributed by atoms with Crippen LogP contribution in [-0.4, -0.2) is 43.1 Å². The zero-order chi connectivity index (χ0) is 16.4. The minimum Gasteiger partial charge on any atom is -0.311 e. The lowest BCUT2D eigenvalue weighted by molar-refractivity contribution is 0.275. The van der Waals surface area contributed by atoms with Crippen molar-refractivity contribution in [3.05, 3.63) is 35.4 Å². The van der Waals surface area contributed by atoms with E-state index in [1.54, 1.807) is 4.31 Å². The van der Waals surface area contributed by atoms with Crippen molar-refractivity contribution in [3.63, 3.8) is 0 Å². The lowest BCUT2D eigenvalue weighted by Crippen LogP contribution is -2.48. The minimum atomic E-state index is -2.99. The lowest BCUT2D eigenvalue weighted by atomic mass is 10.00. The molecule has 0 unspecified atom stereocenters. The molecule has 1 saturated heterocycles. The molecule has 128 valence electrons. The van der Waals surface area contributed by atoms with Crippen molar-refractivity contribution >= 4 is 10.0 Å². The summed E-state index contributed by atoms with van der Waals surface area (Å²) in [5.41, 5.74) is 2.73. The summed E-state index contributed by atoms with van der Waals surface area (Å²) in [4.78, 5) is 0. The summed E-state index contributed by atoms with van der Waals surface area (Å²) in [5, 5.41) is 3.61. The molecular weight excluding hydrogens is 308 g/mol. The summed E-state index contributed by atoms with van der Waals surface area (Å²) in [6.45, 7) is 5.73. The highest BCUT2D eigenvalue weighted by Gasteiger charge is 2.41. The van der Waals surface area contributed by atoms with Crippen molar-refractivity contribution in [2.75, 3.05) is 13.1 Å². The van der Waals surface area contributed by atoms with E-state index >= 15 is 0 Å². The van der Waals surface area contributed by atoms with Crippen LogP contribution in [0.3, 0.4) is 0 Å². The van der Waals surface area contributed by atoms with Crippen LogP contribution in [0.5, 0.6) is 0 Å². The number of hydrogen-bond donors (Lipinski definition) is 1. The maximum absolute atomic E-state index is 12.3. The van der Waals surface area contributed by atoms with Gasteiger partial charge in [0.1, 0.15) is 0 Å². The van der Waals surface area contributed by atoms with Crippen molar-refractivity contribution in [2.24, 2.45) is 0 Å². The van der Waals surface area contributed by atoms with E-state index in [2.05, 4.69) is 43.4 Å². The van der Waals surface area contributed by atoms with Crippen molar-refractivity contribution < 1.29 is 8.42 Å². The molecule has 1 aromatic rings. The molecule has 0 radical (unpaired) electrons. The van der Waals surface area contributed by atoms with Crippen LogP contribution in [0, 0.1) is 6.92 Å². The third-order valence-electron chi connectivity index (χ3n) is 5.07. The molecule has 2 fully saturated rings. The number of aryl methyl sites for hydroxylation is 1. The van der Waals surface area contributed by atoms with Gasteiger partial charge in [-0.3, -0.25) is 0 Å². The van der Waals surface area contributed by atoms with Crippen LogP contribution < -0.4 is 5.32 Å². The molecule has 0 bridgehead atoms. The average molecular weight is 337 g/mol. The first-order valence-corrected chi connectivity index (χ1v) is 10.3. The third-order valence-corrected chi connectivity index (χ3v) is 7.47. The lowest BCUT2D eigenvalue weighted by Gasteiger charge is -2.33. The van der Waals surface area contributed by atoms with E-state index in [1.165, 1.54) is 11.1 Å². The SMILES string of the molecule is Cc1ccccc1C[C@H](C)NC1CCN(S(=O)(=O)C2CC2)CC1. The van der Waals surface area contributed by atoms with E-state index in [0.29, 0.717) is 25.2 Å². The molecule has 2 aliphatic rings. The van der Waals surface area contributed by atoms with Crippen molar-refractivity contribution in [1.82, 2.24) is 9.62 Å². The van der Waals surface area contributed by atoms with E-state index in [9.17, 15) is 8.42 Å². The van der Waals surface area contributed by atoms with Crippen molar-refractivity contribution in [2.45, 2.75) is 63.3 Å². The van der Waals surface area contributed by atoms with Gasteiger partial charge in [0, 0.05) is 25.2 Å². The second-order valence-corrected chi connectivity index (χ2v) is 9.33. The maximum atomic E-state index is 12.3. The smallest absolute Gasteiger partial charge is 0.216 e. The molecule has 23 heavy (non-hydrogen) atoms. The van der Waals surface area contributed by atoms with Gasteiger partial charge >= 0.3 is 0 Å². The number of sulfonamides is 1.